The molecule has 6 heteroatoms. The van der Waals surface area contributed by atoms with E-state index in [1.165, 1.54) is 11.5 Å². The molecule has 0 N–H and O–H groups in total. The summed E-state index contributed by atoms with van der Waals surface area (Å²) in [4.78, 5) is 25.3. The lowest BCUT2D eigenvalue weighted by Crippen LogP contribution is -2.05. The van der Waals surface area contributed by atoms with E-state index in [-0.39, 0.29) is 5.91 Å². The van der Waals surface area contributed by atoms with Gasteiger partial charge in [-0.3, -0.25) is 4.79 Å². The van der Waals surface area contributed by atoms with E-state index in [0.29, 0.717) is 16.1 Å². The lowest BCUT2D eigenvalue weighted by molar-refractivity contribution is 0.0998. The van der Waals surface area contributed by atoms with Gasteiger partial charge in [0.25, 0.3) is 5.91 Å². The van der Waals surface area contributed by atoms with E-state index in [2.05, 4.69) is 15.0 Å². The second-order valence-corrected chi connectivity index (χ2v) is 5.81. The molecule has 0 radical (unpaired) electrons. The van der Waals surface area contributed by atoms with Crippen molar-refractivity contribution in [3.8, 4) is 0 Å². The highest BCUT2D eigenvalue weighted by atomic mass is 32.1. The predicted molar refractivity (Wildman–Crippen MR) is 81.4 cm³/mol. The minimum absolute atomic E-state index is 0.288. The largest absolute Gasteiger partial charge is 0.279 e. The Bertz CT molecular complexity index is 890. The highest BCUT2D eigenvalue weighted by Gasteiger charge is 2.07. The second kappa shape index (κ2) is 5.21. The Hall–Kier alpha value is -2.34. The summed E-state index contributed by atoms with van der Waals surface area (Å²) in [6.07, 6.45) is 0. The van der Waals surface area contributed by atoms with Gasteiger partial charge in [-0.2, -0.15) is 9.98 Å². The molecule has 106 valence electrons. The molecular weight excluding hydrogens is 284 g/mol. The number of fused-ring (bicyclic) bond motifs is 1. The molecule has 3 rings (SSSR count). The average Bonchev–Trinajstić information content (AvgIpc) is 2.82. The molecule has 0 bridgehead atoms. The zero-order valence-corrected chi connectivity index (χ0v) is 12.8. The van der Waals surface area contributed by atoms with Crippen LogP contribution in [0.15, 0.2) is 35.3 Å². The number of aryl methyl sites for hydroxylation is 3. The molecule has 0 atom stereocenters. The quantitative estimate of drug-likeness (QED) is 0.693. The Morgan fingerprint density at radius 2 is 1.86 bits per heavy atom. The fraction of sp³-hybridized carbons (Fsp3) is 0.200. The SMILES string of the molecule is Cc1ccc(C(=O)N=c2nc3nc(C)cc(C)n3s2)cc1. The number of hydrogen-bond acceptors (Lipinski definition) is 4. The Morgan fingerprint density at radius 1 is 1.14 bits per heavy atom. The molecule has 2 heterocycles. The summed E-state index contributed by atoms with van der Waals surface area (Å²) in [5, 5.41) is 0. The fourth-order valence-electron chi connectivity index (χ4n) is 2.02. The van der Waals surface area contributed by atoms with Gasteiger partial charge in [0.05, 0.1) is 0 Å². The molecule has 5 nitrogen and oxygen atoms in total. The second-order valence-electron chi connectivity index (χ2n) is 4.90. The number of hydrogen-bond donors (Lipinski definition) is 0. The predicted octanol–water partition coefficient (Wildman–Crippen LogP) is 2.46. The number of benzene rings is 1. The monoisotopic (exact) mass is 298 g/mol. The van der Waals surface area contributed by atoms with Crippen LogP contribution in [0.25, 0.3) is 5.78 Å². The van der Waals surface area contributed by atoms with E-state index in [1.54, 1.807) is 12.1 Å². The summed E-state index contributed by atoms with van der Waals surface area (Å²) in [5.74, 6) is 0.289. The van der Waals surface area contributed by atoms with Gasteiger partial charge < -0.3 is 0 Å². The smallest absolute Gasteiger partial charge is 0.267 e. The number of nitrogens with zero attached hydrogens (tertiary/aromatic N) is 4. The zero-order chi connectivity index (χ0) is 15.0. The van der Waals surface area contributed by atoms with Crippen molar-refractivity contribution in [1.29, 1.82) is 0 Å². The molecule has 0 fully saturated rings. The van der Waals surface area contributed by atoms with Gasteiger partial charge in [0, 0.05) is 17.0 Å². The van der Waals surface area contributed by atoms with Gasteiger partial charge in [-0.15, -0.1) is 0 Å². The first-order valence-corrected chi connectivity index (χ1v) is 7.30. The maximum absolute atomic E-state index is 12.1. The van der Waals surface area contributed by atoms with E-state index >= 15 is 0 Å². The Morgan fingerprint density at radius 3 is 2.57 bits per heavy atom. The van der Waals surface area contributed by atoms with Crippen LogP contribution < -0.4 is 4.80 Å². The highest BCUT2D eigenvalue weighted by molar-refractivity contribution is 7.03. The third-order valence-electron chi connectivity index (χ3n) is 3.06. The molecule has 1 aromatic carbocycles. The molecule has 3 aromatic rings. The lowest BCUT2D eigenvalue weighted by atomic mass is 10.1. The molecule has 0 unspecified atom stereocenters. The molecule has 2 aromatic heterocycles. The van der Waals surface area contributed by atoms with Gasteiger partial charge >= 0.3 is 0 Å². The van der Waals surface area contributed by atoms with Gasteiger partial charge in [0.1, 0.15) is 0 Å². The summed E-state index contributed by atoms with van der Waals surface area (Å²) in [6.45, 7) is 5.87. The summed E-state index contributed by atoms with van der Waals surface area (Å²) in [6, 6.07) is 9.30. The van der Waals surface area contributed by atoms with Crippen molar-refractivity contribution < 1.29 is 4.79 Å². The first-order chi connectivity index (χ1) is 10.0. The molecule has 0 aliphatic heterocycles. The summed E-state index contributed by atoms with van der Waals surface area (Å²) >= 11 is 1.31. The fourth-order valence-corrected chi connectivity index (χ4v) is 2.79. The van der Waals surface area contributed by atoms with Crippen LogP contribution in [0.4, 0.5) is 0 Å². The van der Waals surface area contributed by atoms with Crippen LogP contribution in [0.1, 0.15) is 27.3 Å². The van der Waals surface area contributed by atoms with E-state index in [4.69, 9.17) is 0 Å². The number of carbonyl (C=O) groups is 1. The molecule has 0 spiro atoms. The van der Waals surface area contributed by atoms with Crippen molar-refractivity contribution in [3.05, 3.63) is 57.6 Å². The van der Waals surface area contributed by atoms with E-state index in [1.807, 2.05) is 42.8 Å². The van der Waals surface area contributed by atoms with Crippen LogP contribution in [0, 0.1) is 20.8 Å². The maximum atomic E-state index is 12.1. The third-order valence-corrected chi connectivity index (χ3v) is 4.04. The summed E-state index contributed by atoms with van der Waals surface area (Å²) in [5.41, 5.74) is 3.59. The van der Waals surface area contributed by atoms with Crippen LogP contribution in [0.2, 0.25) is 0 Å². The van der Waals surface area contributed by atoms with Crippen molar-refractivity contribution >= 4 is 23.2 Å². The van der Waals surface area contributed by atoms with Gasteiger partial charge in [0.2, 0.25) is 10.6 Å². The standard InChI is InChI=1S/C15H14N4OS/c1-9-4-6-12(7-5-9)13(20)17-15-18-14-16-10(2)8-11(3)19(14)21-15/h4-8H,1-3H3. The molecule has 21 heavy (non-hydrogen) atoms. The van der Waals surface area contributed by atoms with Crippen LogP contribution in [-0.2, 0) is 0 Å². The van der Waals surface area contributed by atoms with Crippen LogP contribution in [0.3, 0.4) is 0 Å². The van der Waals surface area contributed by atoms with E-state index in [9.17, 15) is 4.79 Å². The molecular formula is C15H14N4OS. The topological polar surface area (TPSA) is 59.6 Å². The van der Waals surface area contributed by atoms with Crippen LogP contribution >= 0.6 is 11.5 Å². The number of rotatable bonds is 1. The van der Waals surface area contributed by atoms with Gasteiger partial charge in [0.15, 0.2) is 0 Å². The van der Waals surface area contributed by atoms with Gasteiger partial charge in [-0.05, 0) is 50.5 Å². The van der Waals surface area contributed by atoms with Crippen LogP contribution in [-0.4, -0.2) is 19.7 Å². The van der Waals surface area contributed by atoms with Crippen LogP contribution in [0.5, 0.6) is 0 Å². The molecule has 1 amide bonds. The zero-order valence-electron chi connectivity index (χ0n) is 12.0. The minimum atomic E-state index is -0.288. The Labute approximate surface area is 125 Å². The summed E-state index contributed by atoms with van der Waals surface area (Å²) < 4.78 is 1.87. The van der Waals surface area contributed by atoms with Crippen molar-refractivity contribution in [2.45, 2.75) is 20.8 Å². The minimum Gasteiger partial charge on any atom is -0.267 e. The first kappa shape index (κ1) is 13.6. The van der Waals surface area contributed by atoms with E-state index in [0.717, 1.165) is 17.0 Å². The summed E-state index contributed by atoms with van der Waals surface area (Å²) in [7, 11) is 0. The normalized spacial score (nSPS) is 12.0. The number of aromatic nitrogens is 3. The number of carbonyl (C=O) groups excluding carboxylic acids is 1. The van der Waals surface area contributed by atoms with E-state index < -0.39 is 0 Å². The van der Waals surface area contributed by atoms with Gasteiger partial charge in [-0.25, -0.2) is 8.77 Å². The highest BCUT2D eigenvalue weighted by Crippen LogP contribution is 2.07. The molecule has 0 saturated carbocycles. The Kier molecular flexibility index (Phi) is 3.39. The van der Waals surface area contributed by atoms with Crippen molar-refractivity contribution in [2.75, 3.05) is 0 Å². The third kappa shape index (κ3) is 2.75. The van der Waals surface area contributed by atoms with Crippen molar-refractivity contribution in [1.82, 2.24) is 13.8 Å². The molecule has 0 saturated heterocycles. The van der Waals surface area contributed by atoms with Gasteiger partial charge in [-0.1, -0.05) is 17.7 Å². The number of amides is 1. The van der Waals surface area contributed by atoms with Crippen molar-refractivity contribution in [2.24, 2.45) is 4.99 Å². The average molecular weight is 298 g/mol. The molecule has 0 aliphatic carbocycles. The molecule has 0 aliphatic rings. The Balaban J connectivity index is 2.05. The van der Waals surface area contributed by atoms with Crippen molar-refractivity contribution in [3.63, 3.8) is 0 Å². The first-order valence-electron chi connectivity index (χ1n) is 6.53. The lowest BCUT2D eigenvalue weighted by Gasteiger charge is -1.97. The maximum Gasteiger partial charge on any atom is 0.279 e.